The second-order valence-electron chi connectivity index (χ2n) is 7.46. The van der Waals surface area contributed by atoms with Crippen molar-refractivity contribution in [2.45, 2.75) is 51.7 Å². The Morgan fingerprint density at radius 2 is 2.17 bits per heavy atom. The molecule has 1 N–H and O–H groups in total. The van der Waals surface area contributed by atoms with Gasteiger partial charge in [0.25, 0.3) is 5.91 Å². The van der Waals surface area contributed by atoms with Crippen LogP contribution in [0, 0.1) is 12.3 Å². The van der Waals surface area contributed by atoms with Gasteiger partial charge in [0, 0.05) is 23.5 Å². The molecule has 1 aliphatic heterocycles. The molecule has 1 saturated carbocycles. The monoisotopic (exact) mass is 313 g/mol. The van der Waals surface area contributed by atoms with Crippen molar-refractivity contribution in [1.82, 2.24) is 4.90 Å². The molecule has 1 aromatic carbocycles. The number of amides is 1. The van der Waals surface area contributed by atoms with Crippen molar-refractivity contribution in [1.29, 1.82) is 0 Å². The van der Waals surface area contributed by atoms with Crippen molar-refractivity contribution in [2.75, 3.05) is 6.54 Å². The molecular weight excluding hydrogens is 290 g/mol. The minimum absolute atomic E-state index is 0.0592. The highest BCUT2D eigenvalue weighted by Crippen LogP contribution is 2.47. The van der Waals surface area contributed by atoms with E-state index < -0.39 is 0 Å². The fraction of sp³-hybridized carbons (Fsp3) is 0.526. The number of hydrogen-bond donors (Lipinski definition) is 1. The van der Waals surface area contributed by atoms with E-state index in [-0.39, 0.29) is 23.5 Å². The Hall–Kier alpha value is -1.81. The molecule has 122 valence electrons. The quantitative estimate of drug-likeness (QED) is 0.876. The maximum Gasteiger partial charge on any atom is 0.254 e. The summed E-state index contributed by atoms with van der Waals surface area (Å²) in [4.78, 5) is 15.0. The van der Waals surface area contributed by atoms with Crippen LogP contribution >= 0.6 is 0 Å². The van der Waals surface area contributed by atoms with Gasteiger partial charge in [-0.1, -0.05) is 6.92 Å². The van der Waals surface area contributed by atoms with Gasteiger partial charge in [-0.25, -0.2) is 0 Å². The highest BCUT2D eigenvalue weighted by molar-refractivity contribution is 5.98. The third-order valence-corrected chi connectivity index (χ3v) is 5.73. The Labute approximate surface area is 136 Å². The summed E-state index contributed by atoms with van der Waals surface area (Å²) in [6.45, 7) is 4.92. The first-order valence-corrected chi connectivity index (χ1v) is 8.45. The number of furan rings is 1. The first-order chi connectivity index (χ1) is 11.0. The SMILES string of the molecule is Cc1cc2cc(C(=O)N3CC[C@@]4(C)C[C@H](O)CC[C@@H]34)ccc2o1. The molecule has 1 aromatic heterocycles. The van der Waals surface area contributed by atoms with Gasteiger partial charge >= 0.3 is 0 Å². The number of carbonyl (C=O) groups excluding carboxylic acids is 1. The van der Waals surface area contributed by atoms with Gasteiger partial charge in [0.05, 0.1) is 6.10 Å². The molecule has 1 aliphatic carbocycles. The van der Waals surface area contributed by atoms with Gasteiger partial charge < -0.3 is 14.4 Å². The standard InChI is InChI=1S/C19H23NO3/c1-12-9-14-10-13(3-5-16(14)23-12)18(22)20-8-7-19(2)11-15(21)4-6-17(19)20/h3,5,9-10,15,17,21H,4,6-8,11H2,1-2H3/t15-,17-,19+/m1/s1. The number of aliphatic hydroxyl groups excluding tert-OH is 1. The van der Waals surface area contributed by atoms with Crippen LogP contribution in [-0.4, -0.2) is 34.6 Å². The maximum absolute atomic E-state index is 13.0. The fourth-order valence-electron chi connectivity index (χ4n) is 4.53. The van der Waals surface area contributed by atoms with Crippen LogP contribution < -0.4 is 0 Å². The lowest BCUT2D eigenvalue weighted by Gasteiger charge is -2.41. The van der Waals surface area contributed by atoms with Gasteiger partial charge in [-0.2, -0.15) is 0 Å². The van der Waals surface area contributed by atoms with Crippen LogP contribution in [0.25, 0.3) is 11.0 Å². The molecule has 1 saturated heterocycles. The molecule has 0 bridgehead atoms. The molecule has 4 heteroatoms. The summed E-state index contributed by atoms with van der Waals surface area (Å²) in [6, 6.07) is 7.90. The minimum Gasteiger partial charge on any atom is -0.461 e. The van der Waals surface area contributed by atoms with Gasteiger partial charge in [0.2, 0.25) is 0 Å². The van der Waals surface area contributed by atoms with E-state index in [0.29, 0.717) is 0 Å². The highest BCUT2D eigenvalue weighted by Gasteiger charge is 2.48. The topological polar surface area (TPSA) is 53.7 Å². The summed E-state index contributed by atoms with van der Waals surface area (Å²) in [5, 5.41) is 11.0. The second-order valence-corrected chi connectivity index (χ2v) is 7.46. The van der Waals surface area contributed by atoms with Crippen LogP contribution in [0.3, 0.4) is 0 Å². The van der Waals surface area contributed by atoms with Gasteiger partial charge in [-0.3, -0.25) is 4.79 Å². The first-order valence-electron chi connectivity index (χ1n) is 8.45. The third kappa shape index (κ3) is 2.36. The van der Waals surface area contributed by atoms with Crippen molar-refractivity contribution in [3.63, 3.8) is 0 Å². The smallest absolute Gasteiger partial charge is 0.254 e. The van der Waals surface area contributed by atoms with Crippen molar-refractivity contribution in [3.8, 4) is 0 Å². The molecule has 2 heterocycles. The van der Waals surface area contributed by atoms with E-state index in [4.69, 9.17) is 4.42 Å². The Bertz CT molecular complexity index is 765. The fourth-order valence-corrected chi connectivity index (χ4v) is 4.53. The molecule has 23 heavy (non-hydrogen) atoms. The number of likely N-dealkylation sites (tertiary alicyclic amines) is 1. The van der Waals surface area contributed by atoms with Crippen molar-refractivity contribution in [2.24, 2.45) is 5.41 Å². The molecular formula is C19H23NO3. The summed E-state index contributed by atoms with van der Waals surface area (Å²) in [5.41, 5.74) is 1.61. The molecule has 0 radical (unpaired) electrons. The Morgan fingerprint density at radius 3 is 3.00 bits per heavy atom. The molecule has 2 aromatic rings. The number of aryl methyl sites for hydroxylation is 1. The molecule has 0 spiro atoms. The third-order valence-electron chi connectivity index (χ3n) is 5.73. The van der Waals surface area contributed by atoms with Gasteiger partial charge in [0.1, 0.15) is 11.3 Å². The minimum atomic E-state index is -0.212. The zero-order valence-electron chi connectivity index (χ0n) is 13.7. The van der Waals surface area contributed by atoms with E-state index in [0.717, 1.165) is 54.5 Å². The Morgan fingerprint density at radius 1 is 1.35 bits per heavy atom. The predicted octanol–water partition coefficient (Wildman–Crippen LogP) is 3.51. The second kappa shape index (κ2) is 5.10. The van der Waals surface area contributed by atoms with Crippen molar-refractivity contribution < 1.29 is 14.3 Å². The maximum atomic E-state index is 13.0. The number of carbonyl (C=O) groups is 1. The molecule has 3 atom stereocenters. The summed E-state index contributed by atoms with van der Waals surface area (Å²) in [6.07, 6.45) is 3.27. The average molecular weight is 313 g/mol. The summed E-state index contributed by atoms with van der Waals surface area (Å²) in [7, 11) is 0. The number of hydrogen-bond acceptors (Lipinski definition) is 3. The van der Waals surface area contributed by atoms with E-state index in [2.05, 4.69) is 6.92 Å². The Balaban J connectivity index is 1.63. The normalized spacial score (nSPS) is 30.7. The predicted molar refractivity (Wildman–Crippen MR) is 88.4 cm³/mol. The lowest BCUT2D eigenvalue weighted by molar-refractivity contribution is 0.0211. The van der Waals surface area contributed by atoms with Crippen LogP contribution in [0.5, 0.6) is 0 Å². The Kier molecular flexibility index (Phi) is 3.27. The number of fused-ring (bicyclic) bond motifs is 2. The first kappa shape index (κ1) is 14.8. The molecule has 4 rings (SSSR count). The lowest BCUT2D eigenvalue weighted by atomic mass is 9.71. The molecule has 2 aliphatic rings. The summed E-state index contributed by atoms with van der Waals surface area (Å²) >= 11 is 0. The van der Waals surface area contributed by atoms with Crippen LogP contribution in [0.1, 0.15) is 48.7 Å². The average Bonchev–Trinajstić information content (AvgIpc) is 3.03. The van der Waals surface area contributed by atoms with Gasteiger partial charge in [0.15, 0.2) is 0 Å². The van der Waals surface area contributed by atoms with Crippen LogP contribution in [0.15, 0.2) is 28.7 Å². The van der Waals surface area contributed by atoms with E-state index >= 15 is 0 Å². The van der Waals surface area contributed by atoms with E-state index in [9.17, 15) is 9.90 Å². The summed E-state index contributed by atoms with van der Waals surface area (Å²) in [5.74, 6) is 0.968. The zero-order chi connectivity index (χ0) is 16.2. The van der Waals surface area contributed by atoms with Crippen LogP contribution in [-0.2, 0) is 0 Å². The molecule has 1 amide bonds. The van der Waals surface area contributed by atoms with Gasteiger partial charge in [-0.15, -0.1) is 0 Å². The van der Waals surface area contributed by atoms with Crippen molar-refractivity contribution >= 4 is 16.9 Å². The number of nitrogens with zero attached hydrogens (tertiary/aromatic N) is 1. The van der Waals surface area contributed by atoms with Gasteiger partial charge in [-0.05, 0) is 62.3 Å². The van der Waals surface area contributed by atoms with Crippen molar-refractivity contribution in [3.05, 3.63) is 35.6 Å². The molecule has 0 unspecified atom stereocenters. The molecule has 2 fully saturated rings. The van der Waals surface area contributed by atoms with Crippen LogP contribution in [0.4, 0.5) is 0 Å². The van der Waals surface area contributed by atoms with E-state index in [1.807, 2.05) is 36.1 Å². The number of benzene rings is 1. The van der Waals surface area contributed by atoms with E-state index in [1.165, 1.54) is 0 Å². The largest absolute Gasteiger partial charge is 0.461 e. The summed E-state index contributed by atoms with van der Waals surface area (Å²) < 4.78 is 5.59. The zero-order valence-corrected chi connectivity index (χ0v) is 13.7. The van der Waals surface area contributed by atoms with Crippen LogP contribution in [0.2, 0.25) is 0 Å². The molecule has 4 nitrogen and oxygen atoms in total. The number of aliphatic hydroxyl groups is 1. The lowest BCUT2D eigenvalue weighted by Crippen LogP contribution is -2.46. The number of rotatable bonds is 1. The van der Waals surface area contributed by atoms with E-state index in [1.54, 1.807) is 0 Å². The highest BCUT2D eigenvalue weighted by atomic mass is 16.3.